The van der Waals surface area contributed by atoms with Crippen molar-refractivity contribution in [2.45, 2.75) is 136 Å². The molecule has 0 radical (unpaired) electrons. The zero-order chi connectivity index (χ0) is 34.3. The molecular weight excluding hydrogens is 676 g/mol. The summed E-state index contributed by atoms with van der Waals surface area (Å²) in [5, 5.41) is 10.7. The second kappa shape index (κ2) is 20.8. The number of hydrogen-bond donors (Lipinski definition) is 1. The highest BCUT2D eigenvalue weighted by Gasteiger charge is 2.51. The van der Waals surface area contributed by atoms with Crippen molar-refractivity contribution in [2.75, 3.05) is 39.6 Å². The van der Waals surface area contributed by atoms with E-state index < -0.39 is 18.3 Å². The molecule has 9 heteroatoms. The lowest BCUT2D eigenvalue weighted by molar-refractivity contribution is -0.278. The summed E-state index contributed by atoms with van der Waals surface area (Å²) in [7, 11) is 0. The van der Waals surface area contributed by atoms with E-state index in [9.17, 15) is 5.11 Å². The van der Waals surface area contributed by atoms with Crippen molar-refractivity contribution in [1.29, 1.82) is 0 Å². The molecule has 2 aliphatic heterocycles. The summed E-state index contributed by atoms with van der Waals surface area (Å²) in [5.41, 5.74) is 3.86. The van der Waals surface area contributed by atoms with Crippen molar-refractivity contribution in [1.82, 2.24) is 0 Å². The Morgan fingerprint density at radius 2 is 1.35 bits per heavy atom. The SMILES string of the molecule is CCCCO[C@H]1[C@H](OCCCC)[C@@H]([C@@H](C)OCCCC)O[C@@H](c2cc(Cc3ccc4c(c3)OCCO4)c(Br)cc2CO)[C@@H]1OCCCC. The maximum Gasteiger partial charge on any atom is 0.161 e. The summed E-state index contributed by atoms with van der Waals surface area (Å²) >= 11 is 3.81. The van der Waals surface area contributed by atoms with Crippen LogP contribution in [0.2, 0.25) is 0 Å². The van der Waals surface area contributed by atoms with Crippen LogP contribution in [0.25, 0.3) is 0 Å². The highest BCUT2D eigenvalue weighted by molar-refractivity contribution is 9.10. The Bertz CT molecular complexity index is 1220. The van der Waals surface area contributed by atoms with Gasteiger partial charge in [0.05, 0.1) is 12.7 Å². The smallest absolute Gasteiger partial charge is 0.161 e. The third-order valence-electron chi connectivity index (χ3n) is 9.13. The summed E-state index contributed by atoms with van der Waals surface area (Å²) in [6.45, 7) is 14.2. The monoisotopic (exact) mass is 734 g/mol. The summed E-state index contributed by atoms with van der Waals surface area (Å²) < 4.78 is 46.3. The molecule has 2 aromatic rings. The quantitative estimate of drug-likeness (QED) is 0.128. The summed E-state index contributed by atoms with van der Waals surface area (Å²) in [6.07, 6.45) is 6.28. The molecule has 0 saturated carbocycles. The predicted molar refractivity (Wildman–Crippen MR) is 192 cm³/mol. The molecule has 8 nitrogen and oxygen atoms in total. The van der Waals surface area contributed by atoms with Crippen molar-refractivity contribution in [3.8, 4) is 11.5 Å². The van der Waals surface area contributed by atoms with E-state index >= 15 is 0 Å². The van der Waals surface area contributed by atoms with Gasteiger partial charge in [-0.05, 0) is 79.5 Å². The number of fused-ring (bicyclic) bond motifs is 1. The van der Waals surface area contributed by atoms with Crippen LogP contribution in [0.1, 0.15) is 114 Å². The van der Waals surface area contributed by atoms with Crippen molar-refractivity contribution < 1.29 is 38.3 Å². The first-order chi connectivity index (χ1) is 23.4. The molecule has 4 rings (SSSR count). The molecule has 270 valence electrons. The Balaban J connectivity index is 1.76. The fourth-order valence-corrected chi connectivity index (χ4v) is 6.82. The molecule has 0 unspecified atom stereocenters. The molecule has 0 amide bonds. The standard InChI is InChI=1S/C39H59BrO8/c1-6-10-16-42-27(5)35-37(45-17-11-7-2)39(47-19-13-9-4)38(46-18-12-8-3)36(48-35)31-24-29(32(40)25-30(31)26-41)22-28-14-15-33-34(23-28)44-21-20-43-33/h14-15,23-25,27,35-39,41H,6-13,16-22,26H2,1-5H3/t27-,35-,36+,37-,38+,39+/m1/s1. The Kier molecular flexibility index (Phi) is 17.0. The third-order valence-corrected chi connectivity index (χ3v) is 9.86. The number of aliphatic hydroxyl groups excluding tert-OH is 1. The lowest BCUT2D eigenvalue weighted by Crippen LogP contribution is -2.60. The molecule has 0 bridgehead atoms. The van der Waals surface area contributed by atoms with E-state index in [2.05, 4.69) is 68.7 Å². The lowest BCUT2D eigenvalue weighted by Gasteiger charge is -2.48. The number of hydrogen-bond acceptors (Lipinski definition) is 8. The van der Waals surface area contributed by atoms with Gasteiger partial charge in [-0.25, -0.2) is 0 Å². The van der Waals surface area contributed by atoms with E-state index in [1.165, 1.54) is 0 Å². The molecule has 1 N–H and O–H groups in total. The zero-order valence-electron chi connectivity index (χ0n) is 29.8. The summed E-state index contributed by atoms with van der Waals surface area (Å²) in [5.74, 6) is 1.54. The van der Waals surface area contributed by atoms with E-state index in [-0.39, 0.29) is 24.9 Å². The molecule has 2 aromatic carbocycles. The van der Waals surface area contributed by atoms with Gasteiger partial charge in [0.2, 0.25) is 0 Å². The van der Waals surface area contributed by atoms with Gasteiger partial charge < -0.3 is 38.3 Å². The van der Waals surface area contributed by atoms with Crippen LogP contribution in [0.4, 0.5) is 0 Å². The van der Waals surface area contributed by atoms with E-state index in [1.54, 1.807) is 0 Å². The van der Waals surface area contributed by atoms with Gasteiger partial charge in [-0.15, -0.1) is 0 Å². The van der Waals surface area contributed by atoms with Crippen LogP contribution in [0.3, 0.4) is 0 Å². The minimum Gasteiger partial charge on any atom is -0.486 e. The maximum atomic E-state index is 10.7. The molecule has 0 spiro atoms. The first-order valence-electron chi connectivity index (χ1n) is 18.4. The molecule has 48 heavy (non-hydrogen) atoms. The maximum absolute atomic E-state index is 10.7. The minimum absolute atomic E-state index is 0.134. The van der Waals surface area contributed by atoms with Gasteiger partial charge in [0, 0.05) is 30.9 Å². The number of rotatable bonds is 21. The van der Waals surface area contributed by atoms with Crippen LogP contribution < -0.4 is 9.47 Å². The largest absolute Gasteiger partial charge is 0.486 e. The van der Waals surface area contributed by atoms with Crippen LogP contribution in [0, 0.1) is 0 Å². The number of halogens is 1. The first-order valence-corrected chi connectivity index (χ1v) is 19.2. The normalized spacial score (nSPS) is 22.9. The fraction of sp³-hybridized carbons (Fsp3) is 0.692. The van der Waals surface area contributed by atoms with Gasteiger partial charge >= 0.3 is 0 Å². The molecule has 0 aromatic heterocycles. The number of unbranched alkanes of at least 4 members (excludes halogenated alkanes) is 4. The van der Waals surface area contributed by atoms with E-state index in [1.807, 2.05) is 12.1 Å². The second-order valence-corrected chi connectivity index (χ2v) is 13.8. The number of aliphatic hydroxyl groups is 1. The highest BCUT2D eigenvalue weighted by Crippen LogP contribution is 2.42. The molecule has 2 aliphatic rings. The Labute approximate surface area is 297 Å². The molecule has 2 heterocycles. The van der Waals surface area contributed by atoms with Gasteiger partial charge in [-0.1, -0.05) is 81.4 Å². The molecule has 6 atom stereocenters. The van der Waals surface area contributed by atoms with Crippen LogP contribution in [-0.2, 0) is 36.7 Å². The van der Waals surface area contributed by atoms with E-state index in [0.29, 0.717) is 46.1 Å². The topological polar surface area (TPSA) is 84.8 Å². The van der Waals surface area contributed by atoms with E-state index in [4.69, 9.17) is 33.2 Å². The fourth-order valence-electron chi connectivity index (χ4n) is 6.29. The van der Waals surface area contributed by atoms with Crippen LogP contribution >= 0.6 is 15.9 Å². The molecule has 1 fully saturated rings. The molecule has 0 aliphatic carbocycles. The summed E-state index contributed by atoms with van der Waals surface area (Å²) in [4.78, 5) is 0. The lowest BCUT2D eigenvalue weighted by atomic mass is 9.86. The summed E-state index contributed by atoms with van der Waals surface area (Å²) in [6, 6.07) is 10.3. The van der Waals surface area contributed by atoms with E-state index in [0.717, 1.165) is 89.6 Å². The van der Waals surface area contributed by atoms with Crippen molar-refractivity contribution in [2.24, 2.45) is 0 Å². The zero-order valence-corrected chi connectivity index (χ0v) is 31.4. The van der Waals surface area contributed by atoms with Crippen molar-refractivity contribution in [3.05, 3.63) is 57.1 Å². The Hall–Kier alpha value is -1.72. The Morgan fingerprint density at radius 3 is 2.00 bits per heavy atom. The van der Waals surface area contributed by atoms with Crippen LogP contribution in [-0.4, -0.2) is 75.3 Å². The molecular formula is C39H59BrO8. The van der Waals surface area contributed by atoms with Gasteiger partial charge in [0.1, 0.15) is 43.7 Å². The number of benzene rings is 2. The van der Waals surface area contributed by atoms with Crippen LogP contribution in [0.15, 0.2) is 34.8 Å². The average Bonchev–Trinajstić information content (AvgIpc) is 3.10. The van der Waals surface area contributed by atoms with Gasteiger partial charge in [0.25, 0.3) is 0 Å². The third kappa shape index (κ3) is 10.6. The van der Waals surface area contributed by atoms with Gasteiger partial charge in [0.15, 0.2) is 11.5 Å². The van der Waals surface area contributed by atoms with Crippen molar-refractivity contribution >= 4 is 15.9 Å². The van der Waals surface area contributed by atoms with Gasteiger partial charge in [-0.2, -0.15) is 0 Å². The second-order valence-electron chi connectivity index (χ2n) is 13.0. The van der Waals surface area contributed by atoms with Crippen molar-refractivity contribution in [3.63, 3.8) is 0 Å². The predicted octanol–water partition coefficient (Wildman–Crippen LogP) is 8.50. The minimum atomic E-state index is -0.504. The van der Waals surface area contributed by atoms with Crippen LogP contribution in [0.5, 0.6) is 11.5 Å². The Morgan fingerprint density at radius 1 is 0.750 bits per heavy atom. The highest BCUT2D eigenvalue weighted by atomic mass is 79.9. The number of ether oxygens (including phenoxy) is 7. The molecule has 1 saturated heterocycles. The first kappa shape index (κ1) is 39.1. The average molecular weight is 736 g/mol. The van der Waals surface area contributed by atoms with Gasteiger partial charge in [-0.3, -0.25) is 0 Å².